The van der Waals surface area contributed by atoms with Gasteiger partial charge in [0.25, 0.3) is 0 Å². The lowest BCUT2D eigenvalue weighted by Gasteiger charge is -2.02. The molecule has 1 aromatic rings. The van der Waals surface area contributed by atoms with Gasteiger partial charge in [0.1, 0.15) is 5.76 Å². The van der Waals surface area contributed by atoms with Crippen LogP contribution >= 0.6 is 0 Å². The molecule has 1 saturated heterocycles. The maximum atomic E-state index is 11.6. The Kier molecular flexibility index (Phi) is 3.59. The minimum atomic E-state index is -0.00537. The lowest BCUT2D eigenvalue weighted by Crippen LogP contribution is -2.19. The van der Waals surface area contributed by atoms with Crippen LogP contribution < -0.4 is 5.32 Å². The van der Waals surface area contributed by atoms with Crippen molar-refractivity contribution in [2.45, 2.75) is 19.3 Å². The van der Waals surface area contributed by atoms with Crippen LogP contribution in [0.1, 0.15) is 18.4 Å². The van der Waals surface area contributed by atoms with E-state index < -0.39 is 0 Å². The molecular weight excluding hydrogens is 202 g/mol. The monoisotopic (exact) mass is 217 g/mol. The number of hydrogen-bond acceptors (Lipinski definition) is 2. The van der Waals surface area contributed by atoms with Crippen molar-refractivity contribution in [3.63, 3.8) is 0 Å². The zero-order valence-electron chi connectivity index (χ0n) is 9.11. The van der Waals surface area contributed by atoms with Crippen LogP contribution in [-0.4, -0.2) is 12.5 Å². The number of hydrogen-bond donors (Lipinski definition) is 1. The average Bonchev–Trinajstić information content (AvgIpc) is 2.81. The van der Waals surface area contributed by atoms with Gasteiger partial charge in [0, 0.05) is 12.6 Å². The number of allylic oxidation sites excluding steroid dienone is 1. The molecule has 1 aromatic carbocycles. The molecule has 1 heterocycles. The van der Waals surface area contributed by atoms with Crippen molar-refractivity contribution in [1.82, 2.24) is 5.32 Å². The molecule has 0 radical (unpaired) electrons. The molecule has 1 fully saturated rings. The van der Waals surface area contributed by atoms with E-state index in [1.807, 2.05) is 30.3 Å². The predicted octanol–water partition coefficient (Wildman–Crippen LogP) is 2.00. The molecule has 0 saturated carbocycles. The SMILES string of the molecule is O=C(Cc1ccccc1)N/C=C1/CCCO1. The van der Waals surface area contributed by atoms with Crippen LogP contribution in [0.3, 0.4) is 0 Å². The highest BCUT2D eigenvalue weighted by molar-refractivity contribution is 5.79. The fourth-order valence-electron chi connectivity index (χ4n) is 1.63. The maximum absolute atomic E-state index is 11.6. The van der Waals surface area contributed by atoms with Crippen molar-refractivity contribution in [1.29, 1.82) is 0 Å². The Morgan fingerprint density at radius 2 is 2.19 bits per heavy atom. The highest BCUT2D eigenvalue weighted by Crippen LogP contribution is 2.14. The number of amides is 1. The maximum Gasteiger partial charge on any atom is 0.228 e. The fraction of sp³-hybridized carbons (Fsp3) is 0.308. The van der Waals surface area contributed by atoms with Gasteiger partial charge in [0.15, 0.2) is 0 Å². The molecule has 1 aliphatic rings. The third-order valence-corrected chi connectivity index (χ3v) is 2.46. The number of ether oxygens (including phenoxy) is 1. The van der Waals surface area contributed by atoms with E-state index in [4.69, 9.17) is 4.74 Å². The molecule has 0 aliphatic carbocycles. The third-order valence-electron chi connectivity index (χ3n) is 2.46. The van der Waals surface area contributed by atoms with E-state index in [1.165, 1.54) is 0 Å². The van der Waals surface area contributed by atoms with Crippen LogP contribution in [0, 0.1) is 0 Å². The third kappa shape index (κ3) is 3.12. The van der Waals surface area contributed by atoms with Crippen LogP contribution in [0.25, 0.3) is 0 Å². The second kappa shape index (κ2) is 5.35. The van der Waals surface area contributed by atoms with Gasteiger partial charge in [0.2, 0.25) is 5.91 Å². The van der Waals surface area contributed by atoms with E-state index in [0.29, 0.717) is 6.42 Å². The number of nitrogens with one attached hydrogen (secondary N) is 1. The van der Waals surface area contributed by atoms with Gasteiger partial charge in [-0.05, 0) is 12.0 Å². The Morgan fingerprint density at radius 1 is 1.38 bits per heavy atom. The summed E-state index contributed by atoms with van der Waals surface area (Å²) in [4.78, 5) is 11.6. The van der Waals surface area contributed by atoms with Crippen molar-refractivity contribution in [3.8, 4) is 0 Å². The Balaban J connectivity index is 1.82. The minimum Gasteiger partial charge on any atom is -0.496 e. The molecule has 3 heteroatoms. The Bertz CT molecular complexity index is 376. The normalized spacial score (nSPS) is 17.1. The standard InChI is InChI=1S/C13H15NO2/c15-13(9-11-5-2-1-3-6-11)14-10-12-7-4-8-16-12/h1-3,5-6,10H,4,7-9H2,(H,14,15)/b12-10-. The lowest BCUT2D eigenvalue weighted by molar-refractivity contribution is -0.119. The van der Waals surface area contributed by atoms with E-state index in [0.717, 1.165) is 30.8 Å². The van der Waals surface area contributed by atoms with Crippen molar-refractivity contribution >= 4 is 5.91 Å². The molecule has 0 bridgehead atoms. The molecule has 3 nitrogen and oxygen atoms in total. The summed E-state index contributed by atoms with van der Waals surface area (Å²) in [7, 11) is 0. The van der Waals surface area contributed by atoms with E-state index in [2.05, 4.69) is 5.32 Å². The minimum absolute atomic E-state index is 0.00537. The van der Waals surface area contributed by atoms with Crippen molar-refractivity contribution in [2.24, 2.45) is 0 Å². The molecule has 1 N–H and O–H groups in total. The summed E-state index contributed by atoms with van der Waals surface area (Å²) in [6, 6.07) is 9.69. The first-order valence-corrected chi connectivity index (χ1v) is 5.50. The van der Waals surface area contributed by atoms with Gasteiger partial charge in [0.05, 0.1) is 13.0 Å². The van der Waals surface area contributed by atoms with Crippen LogP contribution in [0.2, 0.25) is 0 Å². The Morgan fingerprint density at radius 3 is 2.88 bits per heavy atom. The predicted molar refractivity (Wildman–Crippen MR) is 61.6 cm³/mol. The summed E-state index contributed by atoms with van der Waals surface area (Å²) in [6.45, 7) is 0.764. The zero-order valence-corrected chi connectivity index (χ0v) is 9.11. The van der Waals surface area contributed by atoms with Gasteiger partial charge >= 0.3 is 0 Å². The highest BCUT2D eigenvalue weighted by Gasteiger charge is 2.07. The molecule has 0 atom stereocenters. The summed E-state index contributed by atoms with van der Waals surface area (Å²) in [5.74, 6) is 0.871. The summed E-state index contributed by atoms with van der Waals surface area (Å²) in [5, 5.41) is 2.75. The van der Waals surface area contributed by atoms with Crippen LogP contribution in [-0.2, 0) is 16.0 Å². The van der Waals surface area contributed by atoms with Crippen molar-refractivity contribution < 1.29 is 9.53 Å². The van der Waals surface area contributed by atoms with Gasteiger partial charge in [-0.1, -0.05) is 30.3 Å². The van der Waals surface area contributed by atoms with Gasteiger partial charge in [-0.25, -0.2) is 0 Å². The van der Waals surface area contributed by atoms with E-state index in [1.54, 1.807) is 6.20 Å². The molecule has 0 spiro atoms. The van der Waals surface area contributed by atoms with Crippen molar-refractivity contribution in [2.75, 3.05) is 6.61 Å². The van der Waals surface area contributed by atoms with Crippen LogP contribution in [0.4, 0.5) is 0 Å². The average molecular weight is 217 g/mol. The zero-order chi connectivity index (χ0) is 11.2. The summed E-state index contributed by atoms with van der Waals surface area (Å²) in [5.41, 5.74) is 1.02. The first-order chi connectivity index (χ1) is 7.84. The van der Waals surface area contributed by atoms with E-state index in [-0.39, 0.29) is 5.91 Å². The smallest absolute Gasteiger partial charge is 0.228 e. The summed E-state index contributed by atoms with van der Waals surface area (Å²) < 4.78 is 5.30. The highest BCUT2D eigenvalue weighted by atomic mass is 16.5. The van der Waals surface area contributed by atoms with E-state index >= 15 is 0 Å². The molecule has 2 rings (SSSR count). The molecule has 16 heavy (non-hydrogen) atoms. The summed E-state index contributed by atoms with van der Waals surface area (Å²) in [6.07, 6.45) is 4.05. The number of rotatable bonds is 3. The second-order valence-electron chi connectivity index (χ2n) is 3.79. The quantitative estimate of drug-likeness (QED) is 0.841. The topological polar surface area (TPSA) is 38.3 Å². The van der Waals surface area contributed by atoms with Gasteiger partial charge < -0.3 is 10.1 Å². The first-order valence-electron chi connectivity index (χ1n) is 5.50. The van der Waals surface area contributed by atoms with E-state index in [9.17, 15) is 4.79 Å². The van der Waals surface area contributed by atoms with Crippen LogP contribution in [0.15, 0.2) is 42.3 Å². The fourth-order valence-corrected chi connectivity index (χ4v) is 1.63. The largest absolute Gasteiger partial charge is 0.496 e. The number of carbonyl (C=O) groups excluding carboxylic acids is 1. The van der Waals surface area contributed by atoms with Gasteiger partial charge in [-0.15, -0.1) is 0 Å². The van der Waals surface area contributed by atoms with Gasteiger partial charge in [-0.2, -0.15) is 0 Å². The lowest BCUT2D eigenvalue weighted by atomic mass is 10.1. The molecular formula is C13H15NO2. The number of carbonyl (C=O) groups is 1. The van der Waals surface area contributed by atoms with Crippen LogP contribution in [0.5, 0.6) is 0 Å². The Labute approximate surface area is 95.1 Å². The first kappa shape index (κ1) is 10.7. The molecule has 84 valence electrons. The summed E-state index contributed by atoms with van der Waals surface area (Å²) >= 11 is 0. The molecule has 1 aliphatic heterocycles. The number of benzene rings is 1. The van der Waals surface area contributed by atoms with Gasteiger partial charge in [-0.3, -0.25) is 4.79 Å². The molecule has 0 unspecified atom stereocenters. The second-order valence-corrected chi connectivity index (χ2v) is 3.79. The molecule has 0 aromatic heterocycles. The molecule has 1 amide bonds. The Hall–Kier alpha value is -1.77. The van der Waals surface area contributed by atoms with Crippen molar-refractivity contribution in [3.05, 3.63) is 47.9 Å².